The van der Waals surface area contributed by atoms with Gasteiger partial charge in [0.05, 0.1) is 0 Å². The molecule has 2 fully saturated rings. The summed E-state index contributed by atoms with van der Waals surface area (Å²) < 4.78 is 0. The van der Waals surface area contributed by atoms with Gasteiger partial charge in [0.25, 0.3) is 0 Å². The molecule has 2 rings (SSSR count). The Kier molecular flexibility index (Phi) is 4.87. The molecule has 0 spiro atoms. The van der Waals surface area contributed by atoms with Gasteiger partial charge in [0.15, 0.2) is 0 Å². The molecule has 0 radical (unpaired) electrons. The second-order valence-corrected chi connectivity index (χ2v) is 6.53. The Morgan fingerprint density at radius 2 is 1.88 bits per heavy atom. The first-order valence-electron chi connectivity index (χ1n) is 7.67. The first-order valence-corrected chi connectivity index (χ1v) is 7.67. The molecule has 17 heavy (non-hydrogen) atoms. The van der Waals surface area contributed by atoms with Crippen molar-refractivity contribution in [3.63, 3.8) is 0 Å². The van der Waals surface area contributed by atoms with Crippen molar-refractivity contribution in [1.29, 1.82) is 0 Å². The Morgan fingerprint density at radius 3 is 2.65 bits per heavy atom. The van der Waals surface area contributed by atoms with E-state index in [-0.39, 0.29) is 0 Å². The van der Waals surface area contributed by atoms with Crippen molar-refractivity contribution in [1.82, 2.24) is 10.2 Å². The lowest BCUT2D eigenvalue weighted by molar-refractivity contribution is 0.176. The summed E-state index contributed by atoms with van der Waals surface area (Å²) in [5.74, 6) is 0.842. The van der Waals surface area contributed by atoms with Gasteiger partial charge in [-0.25, -0.2) is 0 Å². The normalized spacial score (nSPS) is 31.8. The maximum absolute atomic E-state index is 3.89. The highest BCUT2D eigenvalue weighted by atomic mass is 15.2. The Morgan fingerprint density at radius 1 is 1.06 bits per heavy atom. The fourth-order valence-corrected chi connectivity index (χ4v) is 3.47. The smallest absolute Gasteiger partial charge is 0.0249 e. The molecule has 2 nitrogen and oxygen atoms in total. The van der Waals surface area contributed by atoms with E-state index in [0.717, 1.165) is 18.0 Å². The second-order valence-electron chi connectivity index (χ2n) is 6.53. The van der Waals surface area contributed by atoms with Crippen LogP contribution in [0.4, 0.5) is 0 Å². The third kappa shape index (κ3) is 3.69. The number of piperidine rings is 1. The Hall–Kier alpha value is -0.0800. The topological polar surface area (TPSA) is 15.3 Å². The standard InChI is InChI=1S/C15H30N2/c1-12(2)7-8-13(3)16-14-9-11-17-10-5-4-6-15(14)17/h12-16H,4-11H2,1-3H3. The molecule has 2 heterocycles. The summed E-state index contributed by atoms with van der Waals surface area (Å²) in [5.41, 5.74) is 0. The highest BCUT2D eigenvalue weighted by Gasteiger charge is 2.35. The van der Waals surface area contributed by atoms with Gasteiger partial charge < -0.3 is 5.32 Å². The van der Waals surface area contributed by atoms with Crippen molar-refractivity contribution in [2.24, 2.45) is 5.92 Å². The van der Waals surface area contributed by atoms with Gasteiger partial charge in [0, 0.05) is 24.7 Å². The number of hydrogen-bond acceptors (Lipinski definition) is 2. The third-order valence-corrected chi connectivity index (χ3v) is 4.53. The molecule has 0 aliphatic carbocycles. The zero-order valence-corrected chi connectivity index (χ0v) is 11.9. The summed E-state index contributed by atoms with van der Waals surface area (Å²) in [7, 11) is 0. The Balaban J connectivity index is 1.75. The van der Waals surface area contributed by atoms with E-state index >= 15 is 0 Å². The van der Waals surface area contributed by atoms with Gasteiger partial charge in [-0.1, -0.05) is 20.3 Å². The molecule has 2 saturated heterocycles. The zero-order chi connectivity index (χ0) is 12.3. The highest BCUT2D eigenvalue weighted by molar-refractivity contribution is 4.94. The maximum atomic E-state index is 3.89. The summed E-state index contributed by atoms with van der Waals surface area (Å²) in [5, 5.41) is 3.89. The van der Waals surface area contributed by atoms with Crippen LogP contribution in [0.2, 0.25) is 0 Å². The van der Waals surface area contributed by atoms with Crippen LogP contribution in [0.1, 0.15) is 59.3 Å². The van der Waals surface area contributed by atoms with Gasteiger partial charge in [-0.15, -0.1) is 0 Å². The predicted octanol–water partition coefficient (Wildman–Crippen LogP) is 3.03. The predicted molar refractivity (Wildman–Crippen MR) is 74.3 cm³/mol. The van der Waals surface area contributed by atoms with E-state index in [1.165, 1.54) is 51.6 Å². The zero-order valence-electron chi connectivity index (χ0n) is 11.9. The summed E-state index contributed by atoms with van der Waals surface area (Å²) in [6.45, 7) is 9.70. The van der Waals surface area contributed by atoms with Crippen molar-refractivity contribution in [3.8, 4) is 0 Å². The first kappa shape index (κ1) is 13.4. The molecule has 100 valence electrons. The average molecular weight is 238 g/mol. The molecular formula is C15H30N2. The van der Waals surface area contributed by atoms with Gasteiger partial charge >= 0.3 is 0 Å². The molecule has 1 N–H and O–H groups in total. The van der Waals surface area contributed by atoms with Gasteiger partial charge in [0.1, 0.15) is 0 Å². The molecule has 0 aromatic heterocycles. The van der Waals surface area contributed by atoms with Crippen LogP contribution in [0.25, 0.3) is 0 Å². The van der Waals surface area contributed by atoms with E-state index in [1.54, 1.807) is 0 Å². The number of rotatable bonds is 5. The lowest BCUT2D eigenvalue weighted by Gasteiger charge is -2.34. The third-order valence-electron chi connectivity index (χ3n) is 4.53. The quantitative estimate of drug-likeness (QED) is 0.792. The van der Waals surface area contributed by atoms with Crippen LogP contribution in [-0.4, -0.2) is 36.1 Å². The van der Waals surface area contributed by atoms with Crippen molar-refractivity contribution >= 4 is 0 Å². The maximum Gasteiger partial charge on any atom is 0.0249 e. The average Bonchev–Trinajstić information content (AvgIpc) is 2.70. The van der Waals surface area contributed by atoms with E-state index in [0.29, 0.717) is 6.04 Å². The van der Waals surface area contributed by atoms with Crippen molar-refractivity contribution in [3.05, 3.63) is 0 Å². The summed E-state index contributed by atoms with van der Waals surface area (Å²) in [6, 6.07) is 2.33. The second kappa shape index (κ2) is 6.19. The molecule has 2 aliphatic rings. The van der Waals surface area contributed by atoms with Crippen LogP contribution in [-0.2, 0) is 0 Å². The fraction of sp³-hybridized carbons (Fsp3) is 1.00. The van der Waals surface area contributed by atoms with Crippen LogP contribution >= 0.6 is 0 Å². The van der Waals surface area contributed by atoms with Crippen LogP contribution < -0.4 is 5.32 Å². The minimum atomic E-state index is 0.698. The Bertz CT molecular complexity index is 227. The van der Waals surface area contributed by atoms with Crippen LogP contribution in [0.5, 0.6) is 0 Å². The molecule has 3 atom stereocenters. The van der Waals surface area contributed by atoms with Crippen LogP contribution in [0.15, 0.2) is 0 Å². The monoisotopic (exact) mass is 238 g/mol. The molecule has 2 aliphatic heterocycles. The van der Waals surface area contributed by atoms with E-state index in [9.17, 15) is 0 Å². The van der Waals surface area contributed by atoms with Crippen LogP contribution in [0.3, 0.4) is 0 Å². The van der Waals surface area contributed by atoms with Crippen molar-refractivity contribution in [2.45, 2.75) is 77.4 Å². The van der Waals surface area contributed by atoms with Gasteiger partial charge in [0.2, 0.25) is 0 Å². The van der Waals surface area contributed by atoms with Crippen LogP contribution in [0, 0.1) is 5.92 Å². The number of nitrogens with one attached hydrogen (secondary N) is 1. The van der Waals surface area contributed by atoms with Gasteiger partial charge in [-0.05, 0) is 51.5 Å². The minimum absolute atomic E-state index is 0.698. The molecule has 0 amide bonds. The Labute approximate surface area is 107 Å². The summed E-state index contributed by atoms with van der Waals surface area (Å²) in [6.07, 6.45) is 8.35. The molecule has 0 aromatic carbocycles. The minimum Gasteiger partial charge on any atom is -0.310 e. The molecule has 0 bridgehead atoms. The fourth-order valence-electron chi connectivity index (χ4n) is 3.47. The molecule has 0 aromatic rings. The van der Waals surface area contributed by atoms with E-state index in [1.807, 2.05) is 0 Å². The largest absolute Gasteiger partial charge is 0.310 e. The van der Waals surface area contributed by atoms with Crippen molar-refractivity contribution < 1.29 is 0 Å². The van der Waals surface area contributed by atoms with E-state index in [4.69, 9.17) is 0 Å². The first-order chi connectivity index (χ1) is 8.16. The van der Waals surface area contributed by atoms with Gasteiger partial charge in [-0.2, -0.15) is 0 Å². The molecular weight excluding hydrogens is 208 g/mol. The molecule has 0 saturated carbocycles. The lowest BCUT2D eigenvalue weighted by Crippen LogP contribution is -2.47. The molecule has 3 unspecified atom stereocenters. The lowest BCUT2D eigenvalue weighted by atomic mass is 9.97. The number of hydrogen-bond donors (Lipinski definition) is 1. The summed E-state index contributed by atoms with van der Waals surface area (Å²) in [4.78, 5) is 2.72. The van der Waals surface area contributed by atoms with E-state index < -0.39 is 0 Å². The van der Waals surface area contributed by atoms with Gasteiger partial charge in [-0.3, -0.25) is 4.90 Å². The number of fused-ring (bicyclic) bond motifs is 1. The highest BCUT2D eigenvalue weighted by Crippen LogP contribution is 2.27. The van der Waals surface area contributed by atoms with Crippen molar-refractivity contribution in [2.75, 3.05) is 13.1 Å². The molecule has 2 heteroatoms. The summed E-state index contributed by atoms with van der Waals surface area (Å²) >= 11 is 0. The van der Waals surface area contributed by atoms with E-state index in [2.05, 4.69) is 31.0 Å². The SMILES string of the molecule is CC(C)CCC(C)NC1CCN2CCCCC12. The number of nitrogens with zero attached hydrogens (tertiary/aromatic N) is 1.